The molecular weight excluding hydrogens is 258 g/mol. The lowest BCUT2D eigenvalue weighted by molar-refractivity contribution is 0.445. The van der Waals surface area contributed by atoms with Crippen molar-refractivity contribution in [1.29, 1.82) is 5.26 Å². The van der Waals surface area contributed by atoms with Crippen LogP contribution in [0.5, 0.6) is 0 Å². The summed E-state index contributed by atoms with van der Waals surface area (Å²) in [6, 6.07) is 12.2. The van der Waals surface area contributed by atoms with Gasteiger partial charge in [0, 0.05) is 5.75 Å². The van der Waals surface area contributed by atoms with Gasteiger partial charge in [0.15, 0.2) is 0 Å². The molecule has 1 N–H and O–H groups in total. The molecule has 2 aromatic rings. The minimum atomic E-state index is -0.666. The Bertz CT molecular complexity index is 536. The maximum Gasteiger partial charge on any atom is 0.255 e. The first-order valence-corrected chi connectivity index (χ1v) is 6.97. The highest BCUT2D eigenvalue weighted by Gasteiger charge is 2.29. The summed E-state index contributed by atoms with van der Waals surface area (Å²) in [5.41, 5.74) is 0.314. The van der Waals surface area contributed by atoms with Crippen molar-refractivity contribution in [3.8, 4) is 6.07 Å². The van der Waals surface area contributed by atoms with E-state index in [4.69, 9.17) is 4.42 Å². The van der Waals surface area contributed by atoms with Gasteiger partial charge in [0.05, 0.1) is 12.3 Å². The number of thioether (sulfide) groups is 1. The highest BCUT2D eigenvalue weighted by molar-refractivity contribution is 7.99. The fourth-order valence-electron chi connectivity index (χ4n) is 1.89. The lowest BCUT2D eigenvalue weighted by atomic mass is 9.89. The van der Waals surface area contributed by atoms with Gasteiger partial charge < -0.3 is 4.42 Å². The second-order valence-corrected chi connectivity index (χ2v) is 5.08. The minimum Gasteiger partial charge on any atom is -0.440 e. The molecule has 0 spiro atoms. The first-order chi connectivity index (χ1) is 9.30. The molecule has 1 atom stereocenters. The molecule has 4 nitrogen and oxygen atoms in total. The molecule has 1 aromatic carbocycles. The van der Waals surface area contributed by atoms with Crippen LogP contribution in [0.3, 0.4) is 0 Å². The monoisotopic (exact) mass is 273 g/mol. The van der Waals surface area contributed by atoms with Crippen molar-refractivity contribution in [2.75, 3.05) is 12.8 Å². The third-order valence-corrected chi connectivity index (χ3v) is 3.85. The maximum absolute atomic E-state index is 9.53. The average Bonchev–Trinajstić information content (AvgIpc) is 2.98. The van der Waals surface area contributed by atoms with Crippen LogP contribution in [0.4, 0.5) is 0 Å². The van der Waals surface area contributed by atoms with Crippen molar-refractivity contribution in [2.24, 2.45) is 0 Å². The van der Waals surface area contributed by atoms with Crippen LogP contribution in [0.25, 0.3) is 0 Å². The zero-order valence-electron chi connectivity index (χ0n) is 10.7. The molecule has 1 aromatic heterocycles. The van der Waals surface area contributed by atoms with Gasteiger partial charge in [0.25, 0.3) is 5.22 Å². The Kier molecular flexibility index (Phi) is 4.61. The number of nitriles is 1. The molecule has 0 bridgehead atoms. The summed E-state index contributed by atoms with van der Waals surface area (Å²) in [6.07, 6.45) is 3.85. The highest BCUT2D eigenvalue weighted by atomic mass is 32.2. The fraction of sp³-hybridized carbons (Fsp3) is 0.286. The molecule has 0 fully saturated rings. The number of benzene rings is 1. The van der Waals surface area contributed by atoms with E-state index in [1.165, 1.54) is 11.8 Å². The van der Waals surface area contributed by atoms with Gasteiger partial charge in [0.2, 0.25) is 0 Å². The van der Waals surface area contributed by atoms with Crippen LogP contribution < -0.4 is 5.32 Å². The van der Waals surface area contributed by atoms with Crippen LogP contribution >= 0.6 is 11.8 Å². The Morgan fingerprint density at radius 2 is 2.21 bits per heavy atom. The third-order valence-electron chi connectivity index (χ3n) is 3.00. The van der Waals surface area contributed by atoms with E-state index < -0.39 is 5.54 Å². The molecular formula is C14H15N3OS. The fourth-order valence-corrected chi connectivity index (χ4v) is 2.73. The lowest BCUT2D eigenvalue weighted by Crippen LogP contribution is -2.39. The van der Waals surface area contributed by atoms with E-state index in [1.54, 1.807) is 12.5 Å². The molecule has 98 valence electrons. The molecule has 2 rings (SSSR count). The van der Waals surface area contributed by atoms with E-state index in [0.29, 0.717) is 11.6 Å². The van der Waals surface area contributed by atoms with Gasteiger partial charge in [-0.05, 0) is 19.0 Å². The second kappa shape index (κ2) is 6.41. The molecule has 0 saturated heterocycles. The van der Waals surface area contributed by atoms with E-state index in [-0.39, 0.29) is 0 Å². The van der Waals surface area contributed by atoms with Crippen LogP contribution in [0.1, 0.15) is 12.0 Å². The predicted molar refractivity (Wildman–Crippen MR) is 74.6 cm³/mol. The summed E-state index contributed by atoms with van der Waals surface area (Å²) in [5.74, 6) is 0.754. The molecule has 0 radical (unpaired) electrons. The first kappa shape index (κ1) is 13.7. The predicted octanol–water partition coefficient (Wildman–Crippen LogP) is 2.80. The lowest BCUT2D eigenvalue weighted by Gasteiger charge is -2.26. The van der Waals surface area contributed by atoms with Crippen molar-refractivity contribution in [2.45, 2.75) is 17.2 Å². The van der Waals surface area contributed by atoms with E-state index in [9.17, 15) is 5.26 Å². The summed E-state index contributed by atoms with van der Waals surface area (Å²) in [4.78, 5) is 4.05. The van der Waals surface area contributed by atoms with Gasteiger partial charge in [-0.1, -0.05) is 42.1 Å². The second-order valence-electron chi connectivity index (χ2n) is 4.03. The Morgan fingerprint density at radius 1 is 1.42 bits per heavy atom. The van der Waals surface area contributed by atoms with Gasteiger partial charge >= 0.3 is 0 Å². The number of nitrogens with one attached hydrogen (secondary N) is 1. The Morgan fingerprint density at radius 3 is 2.79 bits per heavy atom. The van der Waals surface area contributed by atoms with E-state index >= 15 is 0 Å². The van der Waals surface area contributed by atoms with Crippen molar-refractivity contribution in [3.63, 3.8) is 0 Å². The van der Waals surface area contributed by atoms with Crippen LogP contribution in [0.15, 0.2) is 52.4 Å². The third kappa shape index (κ3) is 3.16. The Hall–Kier alpha value is -1.77. The van der Waals surface area contributed by atoms with Crippen LogP contribution in [-0.2, 0) is 5.54 Å². The van der Waals surface area contributed by atoms with Crippen molar-refractivity contribution in [1.82, 2.24) is 10.3 Å². The van der Waals surface area contributed by atoms with Crippen molar-refractivity contribution >= 4 is 11.8 Å². The number of oxazole rings is 1. The number of hydrogen-bond acceptors (Lipinski definition) is 5. The Balaban J connectivity index is 2.06. The molecule has 0 saturated carbocycles. The van der Waals surface area contributed by atoms with Crippen molar-refractivity contribution < 1.29 is 4.42 Å². The number of rotatable bonds is 6. The molecule has 0 amide bonds. The molecule has 19 heavy (non-hydrogen) atoms. The summed E-state index contributed by atoms with van der Waals surface area (Å²) >= 11 is 1.51. The van der Waals surface area contributed by atoms with Gasteiger partial charge in [-0.15, -0.1) is 0 Å². The van der Waals surface area contributed by atoms with Crippen LogP contribution in [-0.4, -0.2) is 17.8 Å². The number of nitrogens with zero attached hydrogens (tertiary/aromatic N) is 2. The zero-order valence-corrected chi connectivity index (χ0v) is 11.5. The summed E-state index contributed by atoms with van der Waals surface area (Å²) < 4.78 is 5.17. The standard InChI is InChI=1S/C14H15N3OS/c1-16-14(11-15,12-5-3-2-4-6-12)7-10-19-13-17-8-9-18-13/h2-6,8-9,16H,7,10H2,1H3. The average molecular weight is 273 g/mol. The quantitative estimate of drug-likeness (QED) is 0.820. The van der Waals surface area contributed by atoms with E-state index in [1.807, 2.05) is 37.4 Å². The Labute approximate surface area is 116 Å². The van der Waals surface area contributed by atoms with Gasteiger partial charge in [-0.3, -0.25) is 5.32 Å². The van der Waals surface area contributed by atoms with E-state index in [0.717, 1.165) is 11.3 Å². The molecule has 1 unspecified atom stereocenters. The highest BCUT2D eigenvalue weighted by Crippen LogP contribution is 2.27. The molecule has 0 aliphatic heterocycles. The number of hydrogen-bond donors (Lipinski definition) is 1. The van der Waals surface area contributed by atoms with Gasteiger partial charge in [0.1, 0.15) is 11.8 Å². The number of aromatic nitrogens is 1. The molecule has 0 aliphatic carbocycles. The van der Waals surface area contributed by atoms with Crippen molar-refractivity contribution in [3.05, 3.63) is 48.4 Å². The first-order valence-electron chi connectivity index (χ1n) is 5.99. The summed E-state index contributed by atoms with van der Waals surface area (Å²) in [5, 5.41) is 13.3. The van der Waals surface area contributed by atoms with E-state index in [2.05, 4.69) is 16.4 Å². The topological polar surface area (TPSA) is 61.9 Å². The van der Waals surface area contributed by atoms with Gasteiger partial charge in [-0.25, -0.2) is 4.98 Å². The van der Waals surface area contributed by atoms with Crippen LogP contribution in [0.2, 0.25) is 0 Å². The SMILES string of the molecule is CNC(C#N)(CCSc1ncco1)c1ccccc1. The normalized spacial score (nSPS) is 13.7. The maximum atomic E-state index is 9.53. The summed E-state index contributed by atoms with van der Waals surface area (Å²) in [6.45, 7) is 0. The molecule has 0 aliphatic rings. The molecule has 1 heterocycles. The summed E-state index contributed by atoms with van der Waals surface area (Å²) in [7, 11) is 1.81. The largest absolute Gasteiger partial charge is 0.440 e. The van der Waals surface area contributed by atoms with Gasteiger partial charge in [-0.2, -0.15) is 5.26 Å². The minimum absolute atomic E-state index is 0.635. The zero-order chi connectivity index (χ0) is 13.6. The molecule has 5 heteroatoms. The smallest absolute Gasteiger partial charge is 0.255 e. The van der Waals surface area contributed by atoms with Crippen LogP contribution in [0, 0.1) is 11.3 Å².